The minimum absolute atomic E-state index is 0.0322. The van der Waals surface area contributed by atoms with Gasteiger partial charge in [0.1, 0.15) is 5.60 Å². The van der Waals surface area contributed by atoms with Gasteiger partial charge in [0.25, 0.3) is 0 Å². The highest BCUT2D eigenvalue weighted by Crippen LogP contribution is 2.44. The van der Waals surface area contributed by atoms with Gasteiger partial charge in [-0.3, -0.25) is 0 Å². The standard InChI is InChI=1S/C14H25NO4/c1-13(2,3)19-12(18)15-7-6-14(9-15)5-4-10(16)11(17)8-14/h10-11,16-17H,4-9H2,1-3H3/t10-,11+,14+/m0/s1. The molecule has 1 spiro atoms. The summed E-state index contributed by atoms with van der Waals surface area (Å²) < 4.78 is 5.38. The van der Waals surface area contributed by atoms with E-state index < -0.39 is 17.8 Å². The maximum Gasteiger partial charge on any atom is 0.410 e. The Morgan fingerprint density at radius 3 is 2.53 bits per heavy atom. The van der Waals surface area contributed by atoms with Gasteiger partial charge in [0.2, 0.25) is 0 Å². The Balaban J connectivity index is 1.94. The van der Waals surface area contributed by atoms with E-state index in [9.17, 15) is 15.0 Å². The van der Waals surface area contributed by atoms with E-state index in [-0.39, 0.29) is 11.5 Å². The molecule has 5 nitrogen and oxygen atoms in total. The van der Waals surface area contributed by atoms with E-state index in [2.05, 4.69) is 0 Å². The molecule has 2 rings (SSSR count). The van der Waals surface area contributed by atoms with Gasteiger partial charge < -0.3 is 19.8 Å². The van der Waals surface area contributed by atoms with E-state index in [1.165, 1.54) is 0 Å². The van der Waals surface area contributed by atoms with E-state index in [1.807, 2.05) is 20.8 Å². The van der Waals surface area contributed by atoms with Crippen molar-refractivity contribution in [2.75, 3.05) is 13.1 Å². The van der Waals surface area contributed by atoms with Crippen molar-refractivity contribution in [2.24, 2.45) is 5.41 Å². The Bertz CT molecular complexity index is 352. The van der Waals surface area contributed by atoms with Gasteiger partial charge in [0, 0.05) is 13.1 Å². The zero-order chi connectivity index (χ0) is 14.3. The van der Waals surface area contributed by atoms with Crippen LogP contribution < -0.4 is 0 Å². The molecule has 110 valence electrons. The van der Waals surface area contributed by atoms with Crippen LogP contribution in [-0.4, -0.2) is 52.1 Å². The molecule has 0 aromatic rings. The van der Waals surface area contributed by atoms with Crippen LogP contribution in [0.5, 0.6) is 0 Å². The highest BCUT2D eigenvalue weighted by molar-refractivity contribution is 5.68. The second kappa shape index (κ2) is 4.94. The molecule has 2 fully saturated rings. The third-order valence-electron chi connectivity index (χ3n) is 4.15. The number of hydrogen-bond acceptors (Lipinski definition) is 4. The molecule has 2 aliphatic rings. The van der Waals surface area contributed by atoms with Crippen molar-refractivity contribution < 1.29 is 19.7 Å². The van der Waals surface area contributed by atoms with Gasteiger partial charge in [-0.1, -0.05) is 0 Å². The molecule has 1 amide bonds. The molecule has 0 radical (unpaired) electrons. The number of rotatable bonds is 0. The summed E-state index contributed by atoms with van der Waals surface area (Å²) in [5, 5.41) is 19.4. The molecule has 2 N–H and O–H groups in total. The monoisotopic (exact) mass is 271 g/mol. The Hall–Kier alpha value is -0.810. The average molecular weight is 271 g/mol. The van der Waals surface area contributed by atoms with E-state index in [1.54, 1.807) is 4.90 Å². The lowest BCUT2D eigenvalue weighted by Crippen LogP contribution is -2.43. The number of amides is 1. The summed E-state index contributed by atoms with van der Waals surface area (Å²) in [6.45, 7) is 6.88. The molecule has 3 atom stereocenters. The molecule has 19 heavy (non-hydrogen) atoms. The Morgan fingerprint density at radius 1 is 1.26 bits per heavy atom. The molecule has 5 heteroatoms. The van der Waals surface area contributed by atoms with Crippen LogP contribution in [0.3, 0.4) is 0 Å². The van der Waals surface area contributed by atoms with Crippen molar-refractivity contribution in [1.29, 1.82) is 0 Å². The number of carbonyl (C=O) groups excluding carboxylic acids is 1. The smallest absolute Gasteiger partial charge is 0.410 e. The first-order valence-electron chi connectivity index (χ1n) is 7.05. The molecular formula is C14H25NO4. The zero-order valence-corrected chi connectivity index (χ0v) is 12.1. The summed E-state index contributed by atoms with van der Waals surface area (Å²) in [6.07, 6.45) is 1.40. The maximum absolute atomic E-state index is 12.0. The average Bonchev–Trinajstić information content (AvgIpc) is 2.66. The lowest BCUT2D eigenvalue weighted by molar-refractivity contribution is -0.0517. The quantitative estimate of drug-likeness (QED) is 0.701. The number of hydrogen-bond donors (Lipinski definition) is 2. The summed E-state index contributed by atoms with van der Waals surface area (Å²) in [5.41, 5.74) is -0.509. The van der Waals surface area contributed by atoms with Crippen LogP contribution in [0.4, 0.5) is 4.79 Å². The molecule has 0 aromatic heterocycles. The largest absolute Gasteiger partial charge is 0.444 e. The van der Waals surface area contributed by atoms with E-state index in [0.717, 1.165) is 12.8 Å². The molecular weight excluding hydrogens is 246 g/mol. The number of aliphatic hydroxyl groups excluding tert-OH is 2. The number of nitrogens with zero attached hydrogens (tertiary/aromatic N) is 1. The van der Waals surface area contributed by atoms with Gasteiger partial charge >= 0.3 is 6.09 Å². The SMILES string of the molecule is CC(C)(C)OC(=O)N1CC[C@@]2(CC[C@H](O)[C@H](O)C2)C1. The van der Waals surface area contributed by atoms with Crippen molar-refractivity contribution >= 4 is 6.09 Å². The third kappa shape index (κ3) is 3.39. The Morgan fingerprint density at radius 2 is 1.95 bits per heavy atom. The second-order valence-corrected chi connectivity index (χ2v) is 7.03. The van der Waals surface area contributed by atoms with Crippen LogP contribution in [-0.2, 0) is 4.74 Å². The topological polar surface area (TPSA) is 70.0 Å². The van der Waals surface area contributed by atoms with Crippen LogP contribution in [0.15, 0.2) is 0 Å². The minimum Gasteiger partial charge on any atom is -0.444 e. The highest BCUT2D eigenvalue weighted by atomic mass is 16.6. The van der Waals surface area contributed by atoms with Gasteiger partial charge in [-0.15, -0.1) is 0 Å². The summed E-state index contributed by atoms with van der Waals surface area (Å²) in [4.78, 5) is 13.8. The number of aliphatic hydroxyl groups is 2. The van der Waals surface area contributed by atoms with Crippen LogP contribution in [0.2, 0.25) is 0 Å². The lowest BCUT2D eigenvalue weighted by Gasteiger charge is -2.38. The summed E-state index contributed by atoms with van der Waals surface area (Å²) in [5.74, 6) is 0. The Labute approximate surface area is 114 Å². The first-order chi connectivity index (χ1) is 8.71. The number of likely N-dealkylation sites (tertiary alicyclic amines) is 1. The van der Waals surface area contributed by atoms with Gasteiger partial charge in [-0.2, -0.15) is 0 Å². The predicted molar refractivity (Wildman–Crippen MR) is 70.7 cm³/mol. The van der Waals surface area contributed by atoms with Crippen molar-refractivity contribution in [3.8, 4) is 0 Å². The van der Waals surface area contributed by atoms with Crippen LogP contribution in [0, 0.1) is 5.41 Å². The molecule has 1 saturated heterocycles. The summed E-state index contributed by atoms with van der Waals surface area (Å²) in [6, 6.07) is 0. The fraction of sp³-hybridized carbons (Fsp3) is 0.929. The zero-order valence-electron chi connectivity index (χ0n) is 12.1. The van der Waals surface area contributed by atoms with Gasteiger partial charge in [-0.05, 0) is 51.9 Å². The first-order valence-corrected chi connectivity index (χ1v) is 7.05. The van der Waals surface area contributed by atoms with Crippen LogP contribution in [0.1, 0.15) is 46.5 Å². The number of carbonyl (C=O) groups is 1. The fourth-order valence-corrected chi connectivity index (χ4v) is 3.12. The molecule has 0 bridgehead atoms. The van der Waals surface area contributed by atoms with Crippen molar-refractivity contribution in [3.05, 3.63) is 0 Å². The Kier molecular flexibility index (Phi) is 3.80. The molecule has 1 heterocycles. The van der Waals surface area contributed by atoms with Crippen molar-refractivity contribution in [2.45, 2.75) is 64.3 Å². The maximum atomic E-state index is 12.0. The van der Waals surface area contributed by atoms with Crippen LogP contribution in [0.25, 0.3) is 0 Å². The number of ether oxygens (including phenoxy) is 1. The van der Waals surface area contributed by atoms with E-state index >= 15 is 0 Å². The summed E-state index contributed by atoms with van der Waals surface area (Å²) >= 11 is 0. The molecule has 0 aromatic carbocycles. The third-order valence-corrected chi connectivity index (χ3v) is 4.15. The fourth-order valence-electron chi connectivity index (χ4n) is 3.12. The van der Waals surface area contributed by atoms with E-state index in [0.29, 0.717) is 25.9 Å². The lowest BCUT2D eigenvalue weighted by atomic mass is 9.71. The van der Waals surface area contributed by atoms with Gasteiger partial charge in [0.05, 0.1) is 12.2 Å². The normalized spacial score (nSPS) is 35.7. The van der Waals surface area contributed by atoms with Gasteiger partial charge in [-0.25, -0.2) is 4.79 Å². The van der Waals surface area contributed by atoms with Crippen molar-refractivity contribution in [1.82, 2.24) is 4.90 Å². The highest BCUT2D eigenvalue weighted by Gasteiger charge is 2.46. The second-order valence-electron chi connectivity index (χ2n) is 7.03. The first kappa shape index (κ1) is 14.6. The minimum atomic E-state index is -0.660. The molecule has 1 saturated carbocycles. The van der Waals surface area contributed by atoms with Crippen LogP contribution >= 0.6 is 0 Å². The molecule has 0 unspecified atom stereocenters. The predicted octanol–water partition coefficient (Wildman–Crippen LogP) is 1.52. The molecule has 1 aliphatic heterocycles. The van der Waals surface area contributed by atoms with Crippen molar-refractivity contribution in [3.63, 3.8) is 0 Å². The van der Waals surface area contributed by atoms with Gasteiger partial charge in [0.15, 0.2) is 0 Å². The summed E-state index contributed by atoms with van der Waals surface area (Å²) in [7, 11) is 0. The van der Waals surface area contributed by atoms with E-state index in [4.69, 9.17) is 4.74 Å². The molecule has 1 aliphatic carbocycles.